The van der Waals surface area contributed by atoms with Crippen molar-refractivity contribution in [1.29, 1.82) is 0 Å². The molecular weight excluding hydrogens is 188 g/mol. The Labute approximate surface area is 89.2 Å². The molecule has 0 aromatic heterocycles. The first kappa shape index (κ1) is 9.97. The molecule has 2 nitrogen and oxygen atoms in total. The fourth-order valence-electron chi connectivity index (χ4n) is 2.13. The highest BCUT2D eigenvalue weighted by Gasteiger charge is 2.10. The maximum atomic E-state index is 10.5. The Kier molecular flexibility index (Phi) is 2.86. The molecule has 0 amide bonds. The van der Waals surface area contributed by atoms with Gasteiger partial charge in [-0.05, 0) is 48.4 Å². The number of hydrogen-bond acceptors (Lipinski definition) is 1. The predicted octanol–water partition coefficient (Wildman–Crippen LogP) is 2.66. The maximum Gasteiger partial charge on any atom is 0.328 e. The third kappa shape index (κ3) is 2.27. The molecular formula is C13H14O2. The zero-order valence-corrected chi connectivity index (χ0v) is 8.57. The van der Waals surface area contributed by atoms with Gasteiger partial charge in [-0.3, -0.25) is 0 Å². The van der Waals surface area contributed by atoms with Crippen molar-refractivity contribution < 1.29 is 9.90 Å². The Morgan fingerprint density at radius 2 is 2.07 bits per heavy atom. The molecule has 78 valence electrons. The van der Waals surface area contributed by atoms with E-state index >= 15 is 0 Å². The van der Waals surface area contributed by atoms with Crippen molar-refractivity contribution in [2.75, 3.05) is 0 Å². The lowest BCUT2D eigenvalue weighted by atomic mass is 9.88. The normalized spacial score (nSPS) is 15.2. The molecule has 1 aromatic carbocycles. The van der Waals surface area contributed by atoms with Gasteiger partial charge in [0.15, 0.2) is 0 Å². The first-order valence-corrected chi connectivity index (χ1v) is 5.29. The minimum atomic E-state index is -0.886. The summed E-state index contributed by atoms with van der Waals surface area (Å²) in [5, 5.41) is 8.59. The van der Waals surface area contributed by atoms with Crippen LogP contribution in [0.1, 0.15) is 29.5 Å². The van der Waals surface area contributed by atoms with Crippen LogP contribution in [0.25, 0.3) is 6.08 Å². The van der Waals surface area contributed by atoms with Gasteiger partial charge in [-0.15, -0.1) is 0 Å². The topological polar surface area (TPSA) is 37.3 Å². The van der Waals surface area contributed by atoms with Crippen molar-refractivity contribution in [3.8, 4) is 0 Å². The highest BCUT2D eigenvalue weighted by Crippen LogP contribution is 2.25. The summed E-state index contributed by atoms with van der Waals surface area (Å²) in [6.45, 7) is 0. The summed E-state index contributed by atoms with van der Waals surface area (Å²) >= 11 is 0. The lowest BCUT2D eigenvalue weighted by molar-refractivity contribution is -0.131. The summed E-state index contributed by atoms with van der Waals surface area (Å²) in [7, 11) is 0. The van der Waals surface area contributed by atoms with Gasteiger partial charge in [0.05, 0.1) is 0 Å². The molecule has 1 aromatic rings. The van der Waals surface area contributed by atoms with E-state index in [2.05, 4.69) is 6.07 Å². The second-order valence-electron chi connectivity index (χ2n) is 3.86. The summed E-state index contributed by atoms with van der Waals surface area (Å²) in [4.78, 5) is 10.5. The van der Waals surface area contributed by atoms with Gasteiger partial charge < -0.3 is 5.11 Å². The zero-order valence-electron chi connectivity index (χ0n) is 8.57. The monoisotopic (exact) mass is 202 g/mol. The van der Waals surface area contributed by atoms with Gasteiger partial charge in [0.2, 0.25) is 0 Å². The van der Waals surface area contributed by atoms with E-state index in [1.54, 1.807) is 6.08 Å². The molecule has 1 N–H and O–H groups in total. The average molecular weight is 202 g/mol. The SMILES string of the molecule is O=C(O)/C=C/c1cccc2c1CCCC2. The first-order valence-electron chi connectivity index (χ1n) is 5.29. The number of benzene rings is 1. The van der Waals surface area contributed by atoms with Crippen LogP contribution in [-0.2, 0) is 17.6 Å². The molecule has 1 aliphatic carbocycles. The quantitative estimate of drug-likeness (QED) is 0.748. The molecule has 2 rings (SSSR count). The standard InChI is InChI=1S/C13H14O2/c14-13(15)9-8-11-6-3-5-10-4-1-2-7-12(10)11/h3,5-6,8-9H,1-2,4,7H2,(H,14,15)/b9-8+. The van der Waals surface area contributed by atoms with Crippen LogP contribution in [0.15, 0.2) is 24.3 Å². The number of rotatable bonds is 2. The molecule has 0 fully saturated rings. The van der Waals surface area contributed by atoms with Crippen LogP contribution < -0.4 is 0 Å². The molecule has 0 saturated carbocycles. The van der Waals surface area contributed by atoms with Gasteiger partial charge in [0.1, 0.15) is 0 Å². The zero-order chi connectivity index (χ0) is 10.7. The molecule has 0 bridgehead atoms. The van der Waals surface area contributed by atoms with Gasteiger partial charge in [0.25, 0.3) is 0 Å². The number of carboxylic acid groups (broad SMARTS) is 1. The highest BCUT2D eigenvalue weighted by atomic mass is 16.4. The Morgan fingerprint density at radius 1 is 1.27 bits per heavy atom. The summed E-state index contributed by atoms with van der Waals surface area (Å²) in [6.07, 6.45) is 7.58. The largest absolute Gasteiger partial charge is 0.478 e. The second kappa shape index (κ2) is 4.30. The summed E-state index contributed by atoms with van der Waals surface area (Å²) in [5.41, 5.74) is 3.78. The molecule has 0 aliphatic heterocycles. The average Bonchev–Trinajstić information content (AvgIpc) is 2.26. The molecule has 0 atom stereocenters. The molecule has 0 heterocycles. The highest BCUT2D eigenvalue weighted by molar-refractivity contribution is 5.85. The fourth-order valence-corrected chi connectivity index (χ4v) is 2.13. The number of aliphatic carboxylic acids is 1. The molecule has 0 saturated heterocycles. The Morgan fingerprint density at radius 3 is 2.87 bits per heavy atom. The van der Waals surface area contributed by atoms with E-state index in [1.165, 1.54) is 30.0 Å². The number of hydrogen-bond donors (Lipinski definition) is 1. The molecule has 15 heavy (non-hydrogen) atoms. The molecule has 0 radical (unpaired) electrons. The van der Waals surface area contributed by atoms with E-state index < -0.39 is 5.97 Å². The summed E-state index contributed by atoms with van der Waals surface area (Å²) in [5.74, 6) is -0.886. The smallest absolute Gasteiger partial charge is 0.328 e. The number of carboxylic acids is 1. The second-order valence-corrected chi connectivity index (χ2v) is 3.86. The van der Waals surface area contributed by atoms with Crippen molar-refractivity contribution in [2.24, 2.45) is 0 Å². The third-order valence-corrected chi connectivity index (χ3v) is 2.84. The van der Waals surface area contributed by atoms with Crippen molar-refractivity contribution in [1.82, 2.24) is 0 Å². The van der Waals surface area contributed by atoms with Crippen molar-refractivity contribution in [3.63, 3.8) is 0 Å². The van der Waals surface area contributed by atoms with Gasteiger partial charge in [-0.2, -0.15) is 0 Å². The third-order valence-electron chi connectivity index (χ3n) is 2.84. The minimum absolute atomic E-state index is 0.886. The van der Waals surface area contributed by atoms with Crippen LogP contribution in [0, 0.1) is 0 Å². The van der Waals surface area contributed by atoms with Crippen LogP contribution in [-0.4, -0.2) is 11.1 Å². The molecule has 0 spiro atoms. The molecule has 1 aliphatic rings. The number of fused-ring (bicyclic) bond motifs is 1. The van der Waals surface area contributed by atoms with Crippen molar-refractivity contribution in [3.05, 3.63) is 41.0 Å². The van der Waals surface area contributed by atoms with E-state index in [0.29, 0.717) is 0 Å². The Balaban J connectivity index is 2.35. The van der Waals surface area contributed by atoms with Crippen LogP contribution in [0.5, 0.6) is 0 Å². The Bertz CT molecular complexity index is 405. The van der Waals surface area contributed by atoms with Crippen LogP contribution in [0.4, 0.5) is 0 Å². The van der Waals surface area contributed by atoms with E-state index in [4.69, 9.17) is 5.11 Å². The van der Waals surface area contributed by atoms with Gasteiger partial charge in [0, 0.05) is 6.08 Å². The van der Waals surface area contributed by atoms with Crippen molar-refractivity contribution in [2.45, 2.75) is 25.7 Å². The summed E-state index contributed by atoms with van der Waals surface area (Å²) < 4.78 is 0. The lowest BCUT2D eigenvalue weighted by Crippen LogP contribution is -2.04. The minimum Gasteiger partial charge on any atom is -0.478 e. The van der Waals surface area contributed by atoms with Crippen LogP contribution in [0.2, 0.25) is 0 Å². The van der Waals surface area contributed by atoms with E-state index in [0.717, 1.165) is 18.4 Å². The van der Waals surface area contributed by atoms with E-state index in [9.17, 15) is 4.79 Å². The number of carbonyl (C=O) groups is 1. The van der Waals surface area contributed by atoms with Gasteiger partial charge in [-0.25, -0.2) is 4.79 Å². The van der Waals surface area contributed by atoms with Gasteiger partial charge >= 0.3 is 5.97 Å². The fraction of sp³-hybridized carbons (Fsp3) is 0.308. The Hall–Kier alpha value is -1.57. The van der Waals surface area contributed by atoms with Gasteiger partial charge in [-0.1, -0.05) is 18.2 Å². The van der Waals surface area contributed by atoms with Crippen LogP contribution in [0.3, 0.4) is 0 Å². The van der Waals surface area contributed by atoms with E-state index in [-0.39, 0.29) is 0 Å². The first-order chi connectivity index (χ1) is 7.27. The lowest BCUT2D eigenvalue weighted by Gasteiger charge is -2.17. The maximum absolute atomic E-state index is 10.5. The van der Waals surface area contributed by atoms with E-state index in [1.807, 2.05) is 12.1 Å². The summed E-state index contributed by atoms with van der Waals surface area (Å²) in [6, 6.07) is 6.14. The van der Waals surface area contributed by atoms with Crippen LogP contribution >= 0.6 is 0 Å². The van der Waals surface area contributed by atoms with Crippen molar-refractivity contribution >= 4 is 12.0 Å². The molecule has 2 heteroatoms. The number of aryl methyl sites for hydroxylation is 1. The molecule has 0 unspecified atom stereocenters. The predicted molar refractivity (Wildman–Crippen MR) is 59.8 cm³/mol.